The minimum Gasteiger partial charge on any atom is -0.497 e. The molecule has 0 aliphatic carbocycles. The average Bonchev–Trinajstić information content (AvgIpc) is 2.95. The number of ether oxygens (including phenoxy) is 3. The summed E-state index contributed by atoms with van der Waals surface area (Å²) in [6, 6.07) is 22.1. The lowest BCUT2D eigenvalue weighted by atomic mass is 10.00. The molecule has 1 aliphatic rings. The van der Waals surface area contributed by atoms with E-state index >= 15 is 0 Å². The molecule has 3 aromatic carbocycles. The number of halogens is 1. The molecule has 1 heterocycles. The molecule has 0 saturated heterocycles. The number of unbranched alkanes of at least 4 members (excludes halogenated alkanes) is 2. The van der Waals surface area contributed by atoms with Crippen LogP contribution in [0.3, 0.4) is 0 Å². The second-order valence-corrected chi connectivity index (χ2v) is 11.4. The number of rotatable bonds is 12. The topological polar surface area (TPSA) is 106 Å². The monoisotopic (exact) mass is 570 g/mol. The van der Waals surface area contributed by atoms with Gasteiger partial charge in [0.1, 0.15) is 31.7 Å². The van der Waals surface area contributed by atoms with Gasteiger partial charge < -0.3 is 14.2 Å². The van der Waals surface area contributed by atoms with E-state index in [0.717, 1.165) is 36.1 Å². The van der Waals surface area contributed by atoms with Crippen molar-refractivity contribution >= 4 is 26.1 Å². The van der Waals surface area contributed by atoms with E-state index in [0.29, 0.717) is 39.0 Å². The molecule has 0 spiro atoms. The molecule has 9 heteroatoms. The molecule has 0 radical (unpaired) electrons. The Morgan fingerprint density at radius 3 is 1.74 bits per heavy atom. The second kappa shape index (κ2) is 13.3. The van der Waals surface area contributed by atoms with E-state index in [2.05, 4.69) is 6.92 Å². The first-order chi connectivity index (χ1) is 18.8. The third kappa shape index (κ3) is 7.73. The molecular weight excluding hydrogens is 540 g/mol. The van der Waals surface area contributed by atoms with Crippen molar-refractivity contribution in [2.24, 2.45) is 0 Å². The van der Waals surface area contributed by atoms with Crippen molar-refractivity contribution in [1.29, 1.82) is 0 Å². The lowest BCUT2D eigenvalue weighted by Gasteiger charge is -2.22. The SMILES string of the molecule is CCCCCOc1ccc(C2=CC(c3ccc(OC)cc3)=S(O[Cl+3]([O-])([O-])[O-])C(c3ccc(OC)cc3)=C2)cc1. The zero-order valence-electron chi connectivity index (χ0n) is 22.1. The summed E-state index contributed by atoms with van der Waals surface area (Å²) in [5, 5.41) is 0. The minimum absolute atomic E-state index is 0.549. The maximum Gasteiger partial charge on any atom is 0.148 e. The molecule has 0 amide bonds. The van der Waals surface area contributed by atoms with Gasteiger partial charge in [0.05, 0.1) is 40.8 Å². The van der Waals surface area contributed by atoms with Crippen molar-refractivity contribution in [3.05, 3.63) is 102 Å². The van der Waals surface area contributed by atoms with Crippen LogP contribution in [0.5, 0.6) is 17.2 Å². The molecule has 1 unspecified atom stereocenters. The fourth-order valence-electron chi connectivity index (χ4n) is 4.04. The van der Waals surface area contributed by atoms with Crippen molar-refractivity contribution in [1.82, 2.24) is 0 Å². The van der Waals surface area contributed by atoms with Gasteiger partial charge in [-0.05, 0) is 77.2 Å². The Morgan fingerprint density at radius 1 is 0.667 bits per heavy atom. The highest BCUT2D eigenvalue weighted by Crippen LogP contribution is 2.45. The van der Waals surface area contributed by atoms with Crippen LogP contribution >= 0.6 is 10.8 Å². The lowest BCUT2D eigenvalue weighted by molar-refractivity contribution is -1.91. The Labute approximate surface area is 233 Å². The van der Waals surface area contributed by atoms with Crippen LogP contribution in [0.1, 0.15) is 42.9 Å². The fourth-order valence-corrected chi connectivity index (χ4v) is 6.60. The van der Waals surface area contributed by atoms with Crippen molar-refractivity contribution in [2.45, 2.75) is 26.2 Å². The molecule has 0 bridgehead atoms. The van der Waals surface area contributed by atoms with Crippen LogP contribution in [-0.2, 0) is 3.74 Å². The Kier molecular flexibility index (Phi) is 9.85. The van der Waals surface area contributed by atoms with Gasteiger partial charge in [-0.3, -0.25) is 0 Å². The van der Waals surface area contributed by atoms with Crippen molar-refractivity contribution < 1.29 is 42.2 Å². The van der Waals surface area contributed by atoms with E-state index in [1.165, 1.54) is 0 Å². The highest BCUT2D eigenvalue weighted by Gasteiger charge is 2.32. The van der Waals surface area contributed by atoms with E-state index in [1.54, 1.807) is 38.5 Å². The van der Waals surface area contributed by atoms with Crippen molar-refractivity contribution in [2.75, 3.05) is 20.8 Å². The van der Waals surface area contributed by atoms with Crippen LogP contribution in [0, 0.1) is 10.2 Å². The highest BCUT2D eigenvalue weighted by atomic mass is 35.7. The summed E-state index contributed by atoms with van der Waals surface area (Å²) in [5.74, 6) is 2.08. The average molecular weight is 571 g/mol. The number of hydrogen-bond donors (Lipinski definition) is 0. The number of allylic oxidation sites excluding steroid dienone is 3. The van der Waals surface area contributed by atoms with Crippen LogP contribution < -0.4 is 28.2 Å². The summed E-state index contributed by atoms with van der Waals surface area (Å²) in [5.41, 5.74) is 3.13. The Balaban J connectivity index is 1.81. The summed E-state index contributed by atoms with van der Waals surface area (Å²) in [7, 11) is -3.11. The molecule has 206 valence electrons. The van der Waals surface area contributed by atoms with Crippen LogP contribution in [0.4, 0.5) is 0 Å². The van der Waals surface area contributed by atoms with E-state index in [9.17, 15) is 14.0 Å². The second-order valence-electron chi connectivity index (χ2n) is 8.72. The minimum atomic E-state index is -4.71. The van der Waals surface area contributed by atoms with Gasteiger partial charge in [0.15, 0.2) is 0 Å². The lowest BCUT2D eigenvalue weighted by Crippen LogP contribution is -2.60. The first-order valence-electron chi connectivity index (χ1n) is 12.5. The van der Waals surface area contributed by atoms with Gasteiger partial charge in [-0.25, -0.2) is 0 Å². The quantitative estimate of drug-likeness (QED) is 0.239. The van der Waals surface area contributed by atoms with E-state index < -0.39 is 21.0 Å². The Hall–Kier alpha value is -3.11. The predicted molar refractivity (Wildman–Crippen MR) is 146 cm³/mol. The van der Waals surface area contributed by atoms with Gasteiger partial charge in [-0.2, -0.15) is 14.0 Å². The standard InChI is InChI=1S/C30H31ClO7S/c1-4-5-6-19-37-28-17-7-22(8-18-28)25-20-29(23-9-13-26(35-2)14-10-23)39(38-31(32,33)34)30(21-25)24-11-15-27(36-3)16-12-24/h7-18,20-21H,4-6,19H2,1-3H3. The van der Waals surface area contributed by atoms with E-state index in [4.69, 9.17) is 17.9 Å². The maximum absolute atomic E-state index is 11.9. The largest absolute Gasteiger partial charge is 0.497 e. The van der Waals surface area contributed by atoms with Gasteiger partial charge in [0, 0.05) is 0 Å². The Bertz CT molecular complexity index is 1340. The maximum atomic E-state index is 11.9. The smallest absolute Gasteiger partial charge is 0.148 e. The van der Waals surface area contributed by atoms with Crippen LogP contribution in [0.25, 0.3) is 10.5 Å². The molecule has 7 nitrogen and oxygen atoms in total. The van der Waals surface area contributed by atoms with Gasteiger partial charge in [0.2, 0.25) is 0 Å². The van der Waals surface area contributed by atoms with Crippen LogP contribution in [-0.4, -0.2) is 25.7 Å². The van der Waals surface area contributed by atoms with Gasteiger partial charge in [0.25, 0.3) is 0 Å². The first kappa shape index (κ1) is 28.9. The number of benzene rings is 3. The number of hydrogen-bond acceptors (Lipinski definition) is 7. The highest BCUT2D eigenvalue weighted by molar-refractivity contribution is 8.20. The summed E-state index contributed by atoms with van der Waals surface area (Å²) in [6.45, 7) is 2.82. The zero-order chi connectivity index (χ0) is 27.8. The number of methoxy groups -OCH3 is 2. The zero-order valence-corrected chi connectivity index (χ0v) is 23.6. The summed E-state index contributed by atoms with van der Waals surface area (Å²) in [6.07, 6.45) is 6.97. The van der Waals surface area contributed by atoms with Gasteiger partial charge in [-0.15, -0.1) is 0 Å². The van der Waals surface area contributed by atoms with Crippen LogP contribution in [0.2, 0.25) is 0 Å². The molecule has 39 heavy (non-hydrogen) atoms. The molecular formula is C30H31ClO7S. The van der Waals surface area contributed by atoms with Gasteiger partial charge >= 0.3 is 0 Å². The summed E-state index contributed by atoms with van der Waals surface area (Å²) >= 11 is 0. The molecule has 1 atom stereocenters. The third-order valence-electron chi connectivity index (χ3n) is 6.07. The molecule has 3 aromatic rings. The van der Waals surface area contributed by atoms with Gasteiger partial charge in [-0.1, -0.05) is 56.2 Å². The van der Waals surface area contributed by atoms with Crippen LogP contribution in [0.15, 0.2) is 84.9 Å². The fraction of sp³-hybridized carbons (Fsp3) is 0.233. The molecule has 0 N–H and O–H groups in total. The normalized spacial score (nSPS) is 15.4. The van der Waals surface area contributed by atoms with E-state index in [-0.39, 0.29) is 0 Å². The predicted octanol–water partition coefficient (Wildman–Crippen LogP) is 4.03. The van der Waals surface area contributed by atoms with Crippen molar-refractivity contribution in [3.63, 3.8) is 0 Å². The van der Waals surface area contributed by atoms with E-state index in [1.807, 2.05) is 60.7 Å². The molecule has 4 rings (SSSR count). The Morgan fingerprint density at radius 2 is 1.21 bits per heavy atom. The molecule has 0 fully saturated rings. The summed E-state index contributed by atoms with van der Waals surface area (Å²) < 4.78 is 57.2. The summed E-state index contributed by atoms with van der Waals surface area (Å²) in [4.78, 5) is 1.10. The van der Waals surface area contributed by atoms with Crippen molar-refractivity contribution in [3.8, 4) is 17.2 Å². The molecule has 1 aliphatic heterocycles. The molecule has 0 saturated carbocycles. The molecule has 0 aromatic heterocycles. The first-order valence-corrected chi connectivity index (χ1v) is 14.9. The third-order valence-corrected chi connectivity index (χ3v) is 8.69.